The Morgan fingerprint density at radius 1 is 1.18 bits per heavy atom. The predicted molar refractivity (Wildman–Crippen MR) is 108 cm³/mol. The van der Waals surface area contributed by atoms with Crippen LogP contribution in [0, 0.1) is 0 Å². The fourth-order valence-corrected chi connectivity index (χ4v) is 4.04. The van der Waals surface area contributed by atoms with E-state index in [0.29, 0.717) is 21.2 Å². The molecule has 0 spiro atoms. The van der Waals surface area contributed by atoms with Crippen LogP contribution in [-0.4, -0.2) is 30.9 Å². The van der Waals surface area contributed by atoms with Crippen LogP contribution < -0.4 is 10.6 Å². The number of carbonyl (C=O) groups is 3. The van der Waals surface area contributed by atoms with E-state index in [9.17, 15) is 14.4 Å². The van der Waals surface area contributed by atoms with Crippen molar-refractivity contribution in [3.8, 4) is 11.3 Å². The molecular formula is C19H18N2O5S2. The number of anilines is 1. The summed E-state index contributed by atoms with van der Waals surface area (Å²) in [6, 6.07) is 6.96. The van der Waals surface area contributed by atoms with E-state index in [1.54, 1.807) is 36.6 Å². The second-order valence-electron chi connectivity index (χ2n) is 5.58. The van der Waals surface area contributed by atoms with Crippen molar-refractivity contribution >= 4 is 45.5 Å². The summed E-state index contributed by atoms with van der Waals surface area (Å²) in [6.07, 6.45) is 1.59. The maximum atomic E-state index is 12.4. The van der Waals surface area contributed by atoms with Gasteiger partial charge in [0.05, 0.1) is 17.7 Å². The molecule has 7 nitrogen and oxygen atoms in total. The number of hydrogen-bond donors (Lipinski definition) is 2. The molecule has 3 heterocycles. The lowest BCUT2D eigenvalue weighted by molar-refractivity contribution is -0.116. The van der Waals surface area contributed by atoms with Crippen LogP contribution in [0.5, 0.6) is 0 Å². The number of thiophene rings is 2. The highest BCUT2D eigenvalue weighted by atomic mass is 32.1. The Hall–Kier alpha value is -2.91. The highest BCUT2D eigenvalue weighted by Gasteiger charge is 2.24. The molecule has 0 atom stereocenters. The number of esters is 1. The van der Waals surface area contributed by atoms with Crippen molar-refractivity contribution in [2.24, 2.45) is 0 Å². The Bertz CT molecular complexity index is 945. The van der Waals surface area contributed by atoms with Gasteiger partial charge in [0.25, 0.3) is 5.91 Å². The first-order chi connectivity index (χ1) is 13.6. The number of rotatable bonds is 8. The van der Waals surface area contributed by atoms with E-state index in [1.165, 1.54) is 28.9 Å². The molecule has 2 N–H and O–H groups in total. The fourth-order valence-electron chi connectivity index (χ4n) is 2.44. The minimum atomic E-state index is -0.531. The van der Waals surface area contributed by atoms with Crippen LogP contribution in [0.1, 0.15) is 33.4 Å². The molecular weight excluding hydrogens is 400 g/mol. The molecule has 0 bridgehead atoms. The topological polar surface area (TPSA) is 97.6 Å². The van der Waals surface area contributed by atoms with Crippen molar-refractivity contribution < 1.29 is 23.5 Å². The first kappa shape index (κ1) is 19.8. The highest BCUT2D eigenvalue weighted by Crippen LogP contribution is 2.36. The number of furan rings is 1. The van der Waals surface area contributed by atoms with Gasteiger partial charge in [-0.2, -0.15) is 0 Å². The lowest BCUT2D eigenvalue weighted by Gasteiger charge is -2.08. The fraction of sp³-hybridized carbons (Fsp3) is 0.211. The van der Waals surface area contributed by atoms with E-state index in [1.807, 2.05) is 5.38 Å². The van der Waals surface area contributed by atoms with Crippen LogP contribution in [0.25, 0.3) is 11.3 Å². The van der Waals surface area contributed by atoms with Gasteiger partial charge in [0.15, 0.2) is 0 Å². The van der Waals surface area contributed by atoms with Crippen LogP contribution in [-0.2, 0) is 9.53 Å². The molecule has 0 saturated heterocycles. The third kappa shape index (κ3) is 4.68. The molecule has 0 aliphatic rings. The zero-order valence-corrected chi connectivity index (χ0v) is 16.7. The van der Waals surface area contributed by atoms with Gasteiger partial charge in [-0.15, -0.1) is 22.7 Å². The van der Waals surface area contributed by atoms with E-state index in [4.69, 9.17) is 9.15 Å². The van der Waals surface area contributed by atoms with Gasteiger partial charge in [0, 0.05) is 23.9 Å². The van der Waals surface area contributed by atoms with Crippen molar-refractivity contribution in [3.63, 3.8) is 0 Å². The van der Waals surface area contributed by atoms with Crippen molar-refractivity contribution in [1.29, 1.82) is 0 Å². The predicted octanol–water partition coefficient (Wildman–Crippen LogP) is 4.00. The number of amides is 2. The Kier molecular flexibility index (Phi) is 6.62. The summed E-state index contributed by atoms with van der Waals surface area (Å²) in [4.78, 5) is 37.2. The van der Waals surface area contributed by atoms with E-state index in [0.717, 1.165) is 0 Å². The second-order valence-corrected chi connectivity index (χ2v) is 7.41. The van der Waals surface area contributed by atoms with Gasteiger partial charge in [0.1, 0.15) is 16.3 Å². The van der Waals surface area contributed by atoms with E-state index >= 15 is 0 Å². The SMILES string of the molecule is CCOC(=O)c1c(-c2ccco2)csc1NC(=O)CCNC(=O)c1cccs1. The Labute approximate surface area is 169 Å². The lowest BCUT2D eigenvalue weighted by Crippen LogP contribution is -2.27. The van der Waals surface area contributed by atoms with Gasteiger partial charge in [0.2, 0.25) is 5.91 Å². The molecule has 0 radical (unpaired) electrons. The minimum absolute atomic E-state index is 0.0768. The minimum Gasteiger partial charge on any atom is -0.464 e. The van der Waals surface area contributed by atoms with Crippen molar-refractivity contribution in [2.45, 2.75) is 13.3 Å². The standard InChI is InChI=1S/C19H18N2O5S2/c1-2-25-19(24)16-12(13-5-3-9-26-13)11-28-18(16)21-15(22)7-8-20-17(23)14-6-4-10-27-14/h3-6,9-11H,2,7-8H2,1H3,(H,20,23)(H,21,22). The van der Waals surface area contributed by atoms with Crippen molar-refractivity contribution in [3.05, 3.63) is 51.7 Å². The molecule has 0 aromatic carbocycles. The van der Waals surface area contributed by atoms with Gasteiger partial charge in [-0.3, -0.25) is 9.59 Å². The molecule has 146 valence electrons. The smallest absolute Gasteiger partial charge is 0.341 e. The molecule has 0 unspecified atom stereocenters. The Morgan fingerprint density at radius 3 is 2.71 bits per heavy atom. The number of hydrogen-bond acceptors (Lipinski definition) is 7. The summed E-state index contributed by atoms with van der Waals surface area (Å²) < 4.78 is 10.5. The molecule has 3 aromatic heterocycles. The van der Waals surface area contributed by atoms with Gasteiger partial charge in [-0.25, -0.2) is 4.79 Å². The lowest BCUT2D eigenvalue weighted by atomic mass is 10.1. The summed E-state index contributed by atoms with van der Waals surface area (Å²) in [5.74, 6) is -0.546. The summed E-state index contributed by atoms with van der Waals surface area (Å²) in [5, 5.41) is 9.36. The second kappa shape index (κ2) is 9.34. The maximum absolute atomic E-state index is 12.4. The molecule has 28 heavy (non-hydrogen) atoms. The van der Waals surface area contributed by atoms with Crippen molar-refractivity contribution in [1.82, 2.24) is 5.32 Å². The van der Waals surface area contributed by atoms with Crippen LogP contribution >= 0.6 is 22.7 Å². The van der Waals surface area contributed by atoms with Crippen molar-refractivity contribution in [2.75, 3.05) is 18.5 Å². The van der Waals surface area contributed by atoms with Gasteiger partial charge in [-0.1, -0.05) is 6.07 Å². The first-order valence-corrected chi connectivity index (χ1v) is 10.3. The average molecular weight is 418 g/mol. The molecule has 0 fully saturated rings. The largest absolute Gasteiger partial charge is 0.464 e. The molecule has 0 aliphatic heterocycles. The van der Waals surface area contributed by atoms with Gasteiger partial charge >= 0.3 is 5.97 Å². The van der Waals surface area contributed by atoms with Gasteiger partial charge < -0.3 is 19.8 Å². The molecule has 9 heteroatoms. The average Bonchev–Trinajstić information content (AvgIpc) is 3.42. The molecule has 2 amide bonds. The zero-order valence-electron chi connectivity index (χ0n) is 15.0. The third-order valence-corrected chi connectivity index (χ3v) is 5.46. The maximum Gasteiger partial charge on any atom is 0.341 e. The number of nitrogens with one attached hydrogen (secondary N) is 2. The first-order valence-electron chi connectivity index (χ1n) is 8.54. The molecule has 3 rings (SSSR count). The molecule has 0 saturated carbocycles. The summed E-state index contributed by atoms with van der Waals surface area (Å²) >= 11 is 2.55. The highest BCUT2D eigenvalue weighted by molar-refractivity contribution is 7.15. The quantitative estimate of drug-likeness (QED) is 0.539. The van der Waals surface area contributed by atoms with Crippen LogP contribution in [0.4, 0.5) is 5.00 Å². The molecule has 3 aromatic rings. The van der Waals surface area contributed by atoms with E-state index in [2.05, 4.69) is 10.6 Å². The Morgan fingerprint density at radius 2 is 2.04 bits per heavy atom. The monoisotopic (exact) mass is 418 g/mol. The molecule has 0 aliphatic carbocycles. The normalized spacial score (nSPS) is 10.5. The number of ether oxygens (including phenoxy) is 1. The van der Waals surface area contributed by atoms with E-state index < -0.39 is 5.97 Å². The third-order valence-electron chi connectivity index (χ3n) is 3.69. The van der Waals surface area contributed by atoms with Crippen LogP contribution in [0.2, 0.25) is 0 Å². The number of carbonyl (C=O) groups excluding carboxylic acids is 3. The summed E-state index contributed by atoms with van der Waals surface area (Å²) in [6.45, 7) is 2.12. The van der Waals surface area contributed by atoms with Crippen LogP contribution in [0.15, 0.2) is 45.7 Å². The van der Waals surface area contributed by atoms with Crippen LogP contribution in [0.3, 0.4) is 0 Å². The van der Waals surface area contributed by atoms with Gasteiger partial charge in [-0.05, 0) is 30.5 Å². The zero-order chi connectivity index (χ0) is 19.9. The Balaban J connectivity index is 1.65. The summed E-state index contributed by atoms with van der Waals surface area (Å²) in [5.41, 5.74) is 0.826. The summed E-state index contributed by atoms with van der Waals surface area (Å²) in [7, 11) is 0. The van der Waals surface area contributed by atoms with E-state index in [-0.39, 0.29) is 37.0 Å².